The van der Waals surface area contributed by atoms with Gasteiger partial charge >= 0.3 is 0 Å². The number of hydrogen-bond donors (Lipinski definition) is 3. The summed E-state index contributed by atoms with van der Waals surface area (Å²) in [5.74, 6) is 1.61. The molecule has 0 bridgehead atoms. The van der Waals surface area contributed by atoms with E-state index in [-0.39, 0.29) is 0 Å². The van der Waals surface area contributed by atoms with Crippen LogP contribution in [0.1, 0.15) is 20.8 Å². The zero-order valence-corrected chi connectivity index (χ0v) is 13.6. The van der Waals surface area contributed by atoms with Gasteiger partial charge in [-0.05, 0) is 20.8 Å². The minimum atomic E-state index is 0.350. The molecule has 2 aromatic rings. The van der Waals surface area contributed by atoms with Crippen molar-refractivity contribution in [1.29, 1.82) is 0 Å². The third-order valence-electron chi connectivity index (χ3n) is 2.97. The van der Waals surface area contributed by atoms with Gasteiger partial charge in [-0.15, -0.1) is 0 Å². The highest BCUT2D eigenvalue weighted by atomic mass is 15.3. The lowest BCUT2D eigenvalue weighted by molar-refractivity contribution is 0.701. The van der Waals surface area contributed by atoms with Crippen LogP contribution in [-0.2, 0) is 7.05 Å². The van der Waals surface area contributed by atoms with E-state index in [1.165, 1.54) is 0 Å². The number of guanidine groups is 1. The molecule has 0 aliphatic heterocycles. The molecule has 0 radical (unpaired) electrons. The van der Waals surface area contributed by atoms with E-state index in [0.717, 1.165) is 29.4 Å². The Morgan fingerprint density at radius 1 is 1.36 bits per heavy atom. The van der Waals surface area contributed by atoms with Gasteiger partial charge in [-0.1, -0.05) is 0 Å². The summed E-state index contributed by atoms with van der Waals surface area (Å²) < 4.78 is 1.73. The Morgan fingerprint density at radius 3 is 2.91 bits per heavy atom. The van der Waals surface area contributed by atoms with Crippen LogP contribution in [0.25, 0.3) is 11.0 Å². The molecule has 0 aliphatic rings. The van der Waals surface area contributed by atoms with Gasteiger partial charge in [0.1, 0.15) is 12.1 Å². The standard InChI is InChI=1S/C14H24N8/c1-5-15-14(21-10(2)3)17-7-6-16-12-11-8-20-22(4)13(11)19-9-18-12/h8-10H,5-7H2,1-4H3,(H2,15,17,21)(H,16,18,19). The van der Waals surface area contributed by atoms with Crippen LogP contribution in [0.2, 0.25) is 0 Å². The molecule has 3 N–H and O–H groups in total. The summed E-state index contributed by atoms with van der Waals surface area (Å²) >= 11 is 0. The largest absolute Gasteiger partial charge is 0.367 e. The maximum absolute atomic E-state index is 4.52. The van der Waals surface area contributed by atoms with Crippen LogP contribution in [0.15, 0.2) is 17.5 Å². The van der Waals surface area contributed by atoms with E-state index in [2.05, 4.69) is 56.8 Å². The van der Waals surface area contributed by atoms with E-state index < -0.39 is 0 Å². The second-order valence-electron chi connectivity index (χ2n) is 5.21. The van der Waals surface area contributed by atoms with E-state index in [0.29, 0.717) is 19.1 Å². The molecule has 22 heavy (non-hydrogen) atoms. The Hall–Kier alpha value is -2.38. The van der Waals surface area contributed by atoms with Crippen LogP contribution in [0.5, 0.6) is 0 Å². The summed E-state index contributed by atoms with van der Waals surface area (Å²) in [5.41, 5.74) is 0.816. The van der Waals surface area contributed by atoms with Crippen molar-refractivity contribution in [3.63, 3.8) is 0 Å². The molecule has 0 saturated heterocycles. The molecular formula is C14H24N8. The lowest BCUT2D eigenvalue weighted by atomic mass is 10.4. The predicted molar refractivity (Wildman–Crippen MR) is 89.0 cm³/mol. The highest BCUT2D eigenvalue weighted by Gasteiger charge is 2.06. The Kier molecular flexibility index (Phi) is 5.51. The number of anilines is 1. The number of aromatic nitrogens is 4. The zero-order valence-electron chi connectivity index (χ0n) is 13.6. The van der Waals surface area contributed by atoms with Crippen LogP contribution < -0.4 is 16.0 Å². The molecule has 2 heterocycles. The van der Waals surface area contributed by atoms with Gasteiger partial charge in [-0.25, -0.2) is 9.97 Å². The van der Waals surface area contributed by atoms with E-state index in [4.69, 9.17) is 0 Å². The van der Waals surface area contributed by atoms with Crippen LogP contribution in [0.4, 0.5) is 5.82 Å². The minimum Gasteiger partial charge on any atom is -0.367 e. The van der Waals surface area contributed by atoms with Crippen molar-refractivity contribution in [2.75, 3.05) is 25.0 Å². The molecule has 0 unspecified atom stereocenters. The smallest absolute Gasteiger partial charge is 0.191 e. The average Bonchev–Trinajstić information content (AvgIpc) is 2.86. The summed E-state index contributed by atoms with van der Waals surface area (Å²) in [6, 6.07) is 0.350. The summed E-state index contributed by atoms with van der Waals surface area (Å²) in [6.45, 7) is 8.41. The monoisotopic (exact) mass is 304 g/mol. The number of hydrogen-bond acceptors (Lipinski definition) is 5. The van der Waals surface area contributed by atoms with Crippen molar-refractivity contribution in [3.05, 3.63) is 12.5 Å². The van der Waals surface area contributed by atoms with Crippen molar-refractivity contribution in [1.82, 2.24) is 30.4 Å². The topological polar surface area (TPSA) is 92.1 Å². The zero-order chi connectivity index (χ0) is 15.9. The number of rotatable bonds is 6. The van der Waals surface area contributed by atoms with E-state index >= 15 is 0 Å². The molecule has 120 valence electrons. The van der Waals surface area contributed by atoms with Gasteiger partial charge in [-0.2, -0.15) is 5.10 Å². The molecule has 2 rings (SSSR count). The fourth-order valence-corrected chi connectivity index (χ4v) is 2.04. The first-order chi connectivity index (χ1) is 10.6. The number of nitrogens with zero attached hydrogens (tertiary/aromatic N) is 5. The Labute approximate surface area is 130 Å². The lowest BCUT2D eigenvalue weighted by Crippen LogP contribution is -2.41. The first-order valence-corrected chi connectivity index (χ1v) is 7.53. The van der Waals surface area contributed by atoms with Gasteiger partial charge in [0, 0.05) is 26.2 Å². The van der Waals surface area contributed by atoms with Crippen molar-refractivity contribution < 1.29 is 0 Å². The highest BCUT2D eigenvalue weighted by molar-refractivity contribution is 5.86. The van der Waals surface area contributed by atoms with Gasteiger partial charge in [0.25, 0.3) is 0 Å². The van der Waals surface area contributed by atoms with Crippen LogP contribution >= 0.6 is 0 Å². The number of nitrogens with one attached hydrogen (secondary N) is 3. The molecule has 0 amide bonds. The SMILES string of the molecule is CCNC(=NCCNc1ncnc2c1cnn2C)NC(C)C. The lowest BCUT2D eigenvalue weighted by Gasteiger charge is -2.14. The molecule has 0 saturated carbocycles. The molecule has 2 aromatic heterocycles. The minimum absolute atomic E-state index is 0.350. The summed E-state index contributed by atoms with van der Waals surface area (Å²) in [7, 11) is 1.86. The molecule has 0 aromatic carbocycles. The third kappa shape index (κ3) is 4.06. The Bertz CT molecular complexity index is 631. The second-order valence-corrected chi connectivity index (χ2v) is 5.21. The molecular weight excluding hydrogens is 280 g/mol. The van der Waals surface area contributed by atoms with Crippen LogP contribution in [-0.4, -0.2) is 51.4 Å². The van der Waals surface area contributed by atoms with Gasteiger partial charge in [-0.3, -0.25) is 9.67 Å². The van der Waals surface area contributed by atoms with Gasteiger partial charge in [0.05, 0.1) is 18.1 Å². The van der Waals surface area contributed by atoms with Crippen LogP contribution in [0.3, 0.4) is 0 Å². The molecule has 0 atom stereocenters. The summed E-state index contributed by atoms with van der Waals surface area (Å²) in [5, 5.41) is 14.9. The average molecular weight is 304 g/mol. The van der Waals surface area contributed by atoms with E-state index in [1.807, 2.05) is 7.05 Å². The van der Waals surface area contributed by atoms with E-state index in [9.17, 15) is 0 Å². The number of aliphatic imine (C=N–C) groups is 1. The summed E-state index contributed by atoms with van der Waals surface area (Å²) in [6.07, 6.45) is 3.31. The van der Waals surface area contributed by atoms with Crippen molar-refractivity contribution in [2.24, 2.45) is 12.0 Å². The molecule has 0 fully saturated rings. The van der Waals surface area contributed by atoms with Gasteiger partial charge < -0.3 is 16.0 Å². The molecule has 8 nitrogen and oxygen atoms in total. The number of fused-ring (bicyclic) bond motifs is 1. The predicted octanol–water partition coefficient (Wildman–Crippen LogP) is 0.739. The van der Waals surface area contributed by atoms with Crippen molar-refractivity contribution in [3.8, 4) is 0 Å². The first kappa shape index (κ1) is 16.0. The molecule has 0 aliphatic carbocycles. The van der Waals surface area contributed by atoms with Crippen LogP contribution in [0, 0.1) is 0 Å². The van der Waals surface area contributed by atoms with Gasteiger partial charge in [0.2, 0.25) is 0 Å². The van der Waals surface area contributed by atoms with Crippen molar-refractivity contribution >= 4 is 22.8 Å². The normalized spacial score (nSPS) is 12.0. The summed E-state index contributed by atoms with van der Waals surface area (Å²) in [4.78, 5) is 13.0. The molecule has 8 heteroatoms. The molecule has 0 spiro atoms. The maximum atomic E-state index is 4.52. The van der Waals surface area contributed by atoms with Gasteiger partial charge in [0.15, 0.2) is 11.6 Å². The Balaban J connectivity index is 1.94. The van der Waals surface area contributed by atoms with Crippen molar-refractivity contribution in [2.45, 2.75) is 26.8 Å². The third-order valence-corrected chi connectivity index (χ3v) is 2.97. The first-order valence-electron chi connectivity index (χ1n) is 7.53. The highest BCUT2D eigenvalue weighted by Crippen LogP contribution is 2.17. The quantitative estimate of drug-likeness (QED) is 0.414. The fourth-order valence-electron chi connectivity index (χ4n) is 2.04. The second kappa shape index (κ2) is 7.58. The van der Waals surface area contributed by atoms with E-state index in [1.54, 1.807) is 17.2 Å². The fraction of sp³-hybridized carbons (Fsp3) is 0.571. The maximum Gasteiger partial charge on any atom is 0.191 e. The Morgan fingerprint density at radius 2 is 2.18 bits per heavy atom. The number of aryl methyl sites for hydroxylation is 1.